The van der Waals surface area contributed by atoms with Crippen molar-refractivity contribution in [2.45, 2.75) is 38.5 Å². The van der Waals surface area contributed by atoms with Crippen molar-refractivity contribution >= 4 is 16.9 Å². The van der Waals surface area contributed by atoms with Crippen molar-refractivity contribution in [3.63, 3.8) is 0 Å². The van der Waals surface area contributed by atoms with Crippen molar-refractivity contribution in [2.24, 2.45) is 0 Å². The zero-order valence-corrected chi connectivity index (χ0v) is 14.0. The fourth-order valence-electron chi connectivity index (χ4n) is 3.13. The normalized spacial score (nSPS) is 18.5. The molecule has 1 fully saturated rings. The summed E-state index contributed by atoms with van der Waals surface area (Å²) in [6.07, 6.45) is 4.01. The van der Waals surface area contributed by atoms with Crippen LogP contribution in [0.15, 0.2) is 35.0 Å². The van der Waals surface area contributed by atoms with Gasteiger partial charge in [0.25, 0.3) is 0 Å². The number of aromatic nitrogens is 4. The zero-order chi connectivity index (χ0) is 16.5. The Morgan fingerprint density at radius 2 is 2.00 bits per heavy atom. The Kier molecular flexibility index (Phi) is 3.88. The Morgan fingerprint density at radius 3 is 2.79 bits per heavy atom. The number of piperidine rings is 1. The summed E-state index contributed by atoms with van der Waals surface area (Å²) in [5.74, 6) is 2.99. The lowest BCUT2D eigenvalue weighted by atomic mass is 9.98. The van der Waals surface area contributed by atoms with Crippen LogP contribution < -0.4 is 4.90 Å². The third-order valence-electron chi connectivity index (χ3n) is 4.50. The number of para-hydroxylation sites is 2. The van der Waals surface area contributed by atoms with Gasteiger partial charge in [-0.15, -0.1) is 0 Å². The lowest BCUT2D eigenvalue weighted by Gasteiger charge is -2.31. The van der Waals surface area contributed by atoms with Crippen LogP contribution in [0.3, 0.4) is 0 Å². The fraction of sp³-hybridized carbons (Fsp3) is 0.444. The van der Waals surface area contributed by atoms with Gasteiger partial charge in [0.1, 0.15) is 5.82 Å². The number of anilines is 1. The van der Waals surface area contributed by atoms with E-state index in [0.29, 0.717) is 0 Å². The molecule has 6 nitrogen and oxygen atoms in total. The van der Waals surface area contributed by atoms with Crippen LogP contribution in [-0.4, -0.2) is 33.2 Å². The first-order chi connectivity index (χ1) is 11.7. The number of nitrogens with zero attached hydrogens (tertiary/aromatic N) is 5. The quantitative estimate of drug-likeness (QED) is 0.734. The predicted octanol–water partition coefficient (Wildman–Crippen LogP) is 3.52. The summed E-state index contributed by atoms with van der Waals surface area (Å²) in [7, 11) is 0. The maximum absolute atomic E-state index is 5.50. The largest absolute Gasteiger partial charge is 0.355 e. The Hall–Kier alpha value is -2.50. The lowest BCUT2D eigenvalue weighted by molar-refractivity contribution is 0.329. The Bertz CT molecular complexity index is 844. The van der Waals surface area contributed by atoms with Gasteiger partial charge in [0.15, 0.2) is 5.82 Å². The fourth-order valence-corrected chi connectivity index (χ4v) is 3.13. The molecule has 3 aromatic rings. The van der Waals surface area contributed by atoms with E-state index in [4.69, 9.17) is 9.51 Å². The molecule has 3 heterocycles. The van der Waals surface area contributed by atoms with Crippen LogP contribution in [-0.2, 0) is 0 Å². The minimum atomic E-state index is 0.257. The van der Waals surface area contributed by atoms with Gasteiger partial charge in [-0.05, 0) is 25.0 Å². The molecule has 0 saturated carbocycles. The summed E-state index contributed by atoms with van der Waals surface area (Å²) in [5.41, 5.74) is 1.85. The molecule has 0 N–H and O–H groups in total. The van der Waals surface area contributed by atoms with E-state index in [9.17, 15) is 0 Å². The van der Waals surface area contributed by atoms with E-state index in [1.54, 1.807) is 0 Å². The van der Waals surface area contributed by atoms with Crippen molar-refractivity contribution in [3.05, 3.63) is 42.2 Å². The Labute approximate surface area is 140 Å². The van der Waals surface area contributed by atoms with E-state index in [1.807, 2.05) is 30.5 Å². The minimum Gasteiger partial charge on any atom is -0.355 e. The highest BCUT2D eigenvalue weighted by molar-refractivity contribution is 5.75. The van der Waals surface area contributed by atoms with E-state index in [0.717, 1.165) is 54.5 Å². The second-order valence-corrected chi connectivity index (χ2v) is 6.65. The zero-order valence-electron chi connectivity index (χ0n) is 14.0. The Balaban J connectivity index is 1.56. The molecule has 1 aromatic carbocycles. The molecule has 0 amide bonds. The summed E-state index contributed by atoms with van der Waals surface area (Å²) in [4.78, 5) is 16.1. The molecule has 124 valence electrons. The van der Waals surface area contributed by atoms with Gasteiger partial charge >= 0.3 is 0 Å². The molecule has 24 heavy (non-hydrogen) atoms. The maximum Gasteiger partial charge on any atom is 0.231 e. The first kappa shape index (κ1) is 15.1. The van der Waals surface area contributed by atoms with Gasteiger partial charge in [-0.1, -0.05) is 31.1 Å². The number of hydrogen-bond donors (Lipinski definition) is 0. The molecule has 0 spiro atoms. The van der Waals surface area contributed by atoms with Crippen LogP contribution in [0.2, 0.25) is 0 Å². The number of hydrogen-bond acceptors (Lipinski definition) is 6. The standard InChI is InChI=1S/C18H21N5O/c1-12(2)17-21-18(24-22-17)13-6-5-9-23(11-13)16-10-19-14-7-3-4-8-15(14)20-16/h3-4,7-8,10,12-13H,5-6,9,11H2,1-2H3. The summed E-state index contributed by atoms with van der Waals surface area (Å²) >= 11 is 0. The van der Waals surface area contributed by atoms with Crippen LogP contribution in [0.4, 0.5) is 5.82 Å². The highest BCUT2D eigenvalue weighted by atomic mass is 16.5. The number of fused-ring (bicyclic) bond motifs is 1. The number of benzene rings is 1. The van der Waals surface area contributed by atoms with Gasteiger partial charge < -0.3 is 9.42 Å². The molecule has 1 aliphatic heterocycles. The third kappa shape index (κ3) is 2.84. The first-order valence-corrected chi connectivity index (χ1v) is 8.51. The summed E-state index contributed by atoms with van der Waals surface area (Å²) in [6.45, 7) is 5.97. The molecule has 0 aliphatic carbocycles. The van der Waals surface area contributed by atoms with Crippen molar-refractivity contribution < 1.29 is 4.52 Å². The van der Waals surface area contributed by atoms with Crippen molar-refractivity contribution in [2.75, 3.05) is 18.0 Å². The van der Waals surface area contributed by atoms with Crippen LogP contribution in [0.1, 0.15) is 50.2 Å². The van der Waals surface area contributed by atoms with Gasteiger partial charge in [0.05, 0.1) is 23.1 Å². The van der Waals surface area contributed by atoms with E-state index in [1.165, 1.54) is 0 Å². The van der Waals surface area contributed by atoms with Gasteiger partial charge in [0, 0.05) is 19.0 Å². The monoisotopic (exact) mass is 323 g/mol. The summed E-state index contributed by atoms with van der Waals surface area (Å²) in [6, 6.07) is 7.96. The smallest absolute Gasteiger partial charge is 0.231 e. The highest BCUT2D eigenvalue weighted by Crippen LogP contribution is 2.29. The molecule has 0 radical (unpaired) electrons. The molecule has 1 unspecified atom stereocenters. The maximum atomic E-state index is 5.50. The summed E-state index contributed by atoms with van der Waals surface area (Å²) in [5, 5.41) is 4.10. The second-order valence-electron chi connectivity index (χ2n) is 6.65. The van der Waals surface area contributed by atoms with Gasteiger partial charge in [-0.2, -0.15) is 4.98 Å². The summed E-state index contributed by atoms with van der Waals surface area (Å²) < 4.78 is 5.50. The van der Waals surface area contributed by atoms with E-state index in [2.05, 4.69) is 33.9 Å². The Morgan fingerprint density at radius 1 is 1.17 bits per heavy atom. The lowest BCUT2D eigenvalue weighted by Crippen LogP contribution is -2.35. The van der Waals surface area contributed by atoms with E-state index in [-0.39, 0.29) is 11.8 Å². The van der Waals surface area contributed by atoms with E-state index >= 15 is 0 Å². The molecule has 6 heteroatoms. The molecule has 1 atom stereocenters. The molecular formula is C18H21N5O. The minimum absolute atomic E-state index is 0.257. The van der Waals surface area contributed by atoms with Crippen LogP contribution in [0, 0.1) is 0 Å². The molecule has 0 bridgehead atoms. The van der Waals surface area contributed by atoms with Crippen molar-refractivity contribution in [3.8, 4) is 0 Å². The topological polar surface area (TPSA) is 67.9 Å². The molecule has 1 saturated heterocycles. The average Bonchev–Trinajstić information content (AvgIpc) is 3.12. The molecule has 4 rings (SSSR count). The number of rotatable bonds is 3. The van der Waals surface area contributed by atoms with Crippen LogP contribution in [0.25, 0.3) is 11.0 Å². The van der Waals surface area contributed by atoms with Gasteiger partial charge in [-0.3, -0.25) is 4.98 Å². The van der Waals surface area contributed by atoms with Gasteiger partial charge in [-0.25, -0.2) is 4.98 Å². The predicted molar refractivity (Wildman–Crippen MR) is 92.1 cm³/mol. The van der Waals surface area contributed by atoms with Crippen molar-refractivity contribution in [1.29, 1.82) is 0 Å². The second kappa shape index (κ2) is 6.19. The average molecular weight is 323 g/mol. The van der Waals surface area contributed by atoms with E-state index < -0.39 is 0 Å². The highest BCUT2D eigenvalue weighted by Gasteiger charge is 2.27. The third-order valence-corrected chi connectivity index (χ3v) is 4.50. The first-order valence-electron chi connectivity index (χ1n) is 8.51. The van der Waals surface area contributed by atoms with Gasteiger partial charge in [0.2, 0.25) is 5.89 Å². The molecular weight excluding hydrogens is 302 g/mol. The van der Waals surface area contributed by atoms with Crippen molar-refractivity contribution in [1.82, 2.24) is 20.1 Å². The van der Waals surface area contributed by atoms with Crippen LogP contribution in [0.5, 0.6) is 0 Å². The SMILES string of the molecule is CC(C)c1noc(C2CCCN(c3cnc4ccccc4n3)C2)n1. The van der Waals surface area contributed by atoms with Crippen LogP contribution >= 0.6 is 0 Å². The molecule has 2 aromatic heterocycles. The molecule has 1 aliphatic rings.